The minimum atomic E-state index is 0.189. The molecule has 6 heteroatoms. The summed E-state index contributed by atoms with van der Waals surface area (Å²) < 4.78 is 2.23. The van der Waals surface area contributed by atoms with Gasteiger partial charge in [0.1, 0.15) is 12.1 Å². The number of para-hydroxylation sites is 1. The molecule has 0 aliphatic carbocycles. The largest absolute Gasteiger partial charge is 0.396 e. The van der Waals surface area contributed by atoms with Crippen LogP contribution in [0, 0.1) is 11.3 Å². The fourth-order valence-electron chi connectivity index (χ4n) is 5.45. The van der Waals surface area contributed by atoms with Crippen molar-refractivity contribution in [2.24, 2.45) is 18.4 Å². The Balaban J connectivity index is 1.29. The van der Waals surface area contributed by atoms with E-state index in [2.05, 4.69) is 61.8 Å². The molecular weight excluding hydrogens is 362 g/mol. The van der Waals surface area contributed by atoms with E-state index in [9.17, 15) is 5.11 Å². The zero-order valence-corrected chi connectivity index (χ0v) is 17.0. The normalized spacial score (nSPS) is 22.0. The molecule has 2 aliphatic rings. The number of aromatic nitrogens is 3. The highest BCUT2D eigenvalue weighted by Gasteiger charge is 2.48. The number of hydrogen-bond donors (Lipinski definition) is 1. The average Bonchev–Trinajstić information content (AvgIpc) is 3.28. The van der Waals surface area contributed by atoms with E-state index in [0.29, 0.717) is 5.92 Å². The first-order valence-electron chi connectivity index (χ1n) is 10.6. The summed E-state index contributed by atoms with van der Waals surface area (Å²) in [6, 6.07) is 10.6. The standard InChI is InChI=1S/C23H29N5O/c1-26-12-18(20-4-2-3-5-21(20)26)13-27-10-7-23(8-11-27)16-28(14-19(23)15-29)22-6-9-24-17-25-22/h2-6,9,12,17,19,29H,7-8,10-11,13-16H2,1H3. The first-order valence-corrected chi connectivity index (χ1v) is 10.6. The Morgan fingerprint density at radius 3 is 2.76 bits per heavy atom. The molecule has 2 fully saturated rings. The van der Waals surface area contributed by atoms with Crippen molar-refractivity contribution in [3.63, 3.8) is 0 Å². The number of benzene rings is 1. The third kappa shape index (κ3) is 3.30. The average molecular weight is 392 g/mol. The topological polar surface area (TPSA) is 57.4 Å². The number of piperidine rings is 1. The Hall–Kier alpha value is -2.44. The van der Waals surface area contributed by atoms with Gasteiger partial charge < -0.3 is 14.6 Å². The van der Waals surface area contributed by atoms with E-state index in [0.717, 1.165) is 51.4 Å². The number of likely N-dealkylation sites (tertiary alicyclic amines) is 1. The summed E-state index contributed by atoms with van der Waals surface area (Å²) in [5, 5.41) is 11.5. The van der Waals surface area contributed by atoms with Gasteiger partial charge in [0, 0.05) is 62.5 Å². The molecule has 4 heterocycles. The van der Waals surface area contributed by atoms with Crippen molar-refractivity contribution in [2.75, 3.05) is 37.7 Å². The van der Waals surface area contributed by atoms with Crippen LogP contribution in [0.3, 0.4) is 0 Å². The Bertz CT molecular complexity index is 977. The quantitative estimate of drug-likeness (QED) is 0.741. The molecule has 1 unspecified atom stereocenters. The third-order valence-electron chi connectivity index (χ3n) is 7.15. The van der Waals surface area contributed by atoms with Crippen LogP contribution in [0.25, 0.3) is 10.9 Å². The molecule has 3 aromatic rings. The van der Waals surface area contributed by atoms with E-state index in [1.807, 2.05) is 6.07 Å². The smallest absolute Gasteiger partial charge is 0.131 e. The number of rotatable bonds is 4. The molecule has 1 atom stereocenters. The van der Waals surface area contributed by atoms with Gasteiger partial charge in [0.2, 0.25) is 0 Å². The lowest BCUT2D eigenvalue weighted by Crippen LogP contribution is -2.44. The molecule has 2 aliphatic heterocycles. The van der Waals surface area contributed by atoms with Crippen LogP contribution in [0.1, 0.15) is 18.4 Å². The van der Waals surface area contributed by atoms with Crippen molar-refractivity contribution >= 4 is 16.7 Å². The molecule has 0 bridgehead atoms. The molecule has 0 amide bonds. The van der Waals surface area contributed by atoms with Crippen molar-refractivity contribution in [1.29, 1.82) is 0 Å². The summed E-state index contributed by atoms with van der Waals surface area (Å²) in [6.45, 7) is 5.28. The van der Waals surface area contributed by atoms with E-state index < -0.39 is 0 Å². The zero-order valence-electron chi connectivity index (χ0n) is 17.0. The lowest BCUT2D eigenvalue weighted by atomic mass is 9.71. The molecule has 5 rings (SSSR count). The first kappa shape index (κ1) is 18.6. The van der Waals surface area contributed by atoms with Gasteiger partial charge in [-0.05, 0) is 49.0 Å². The second-order valence-electron chi connectivity index (χ2n) is 8.75. The van der Waals surface area contributed by atoms with Gasteiger partial charge in [-0.1, -0.05) is 18.2 Å². The van der Waals surface area contributed by atoms with Crippen LogP contribution in [0.4, 0.5) is 5.82 Å². The van der Waals surface area contributed by atoms with Gasteiger partial charge in [0.25, 0.3) is 0 Å². The number of aryl methyl sites for hydroxylation is 1. The molecule has 1 N–H and O–H groups in total. The molecule has 2 aromatic heterocycles. The summed E-state index contributed by atoms with van der Waals surface area (Å²) in [5.74, 6) is 1.30. The lowest BCUT2D eigenvalue weighted by molar-refractivity contribution is 0.0508. The van der Waals surface area contributed by atoms with Gasteiger partial charge in [-0.2, -0.15) is 0 Å². The van der Waals surface area contributed by atoms with Crippen LogP contribution >= 0.6 is 0 Å². The molecule has 29 heavy (non-hydrogen) atoms. The molecule has 2 saturated heterocycles. The highest BCUT2D eigenvalue weighted by atomic mass is 16.3. The van der Waals surface area contributed by atoms with Gasteiger partial charge >= 0.3 is 0 Å². The molecule has 1 spiro atoms. The number of fused-ring (bicyclic) bond motifs is 1. The predicted molar refractivity (Wildman–Crippen MR) is 115 cm³/mol. The minimum Gasteiger partial charge on any atom is -0.396 e. The SMILES string of the molecule is Cn1cc(CN2CCC3(CC2)CN(c2ccncn2)CC3CO)c2ccccc21. The maximum absolute atomic E-state index is 10.1. The van der Waals surface area contributed by atoms with Crippen molar-refractivity contribution < 1.29 is 5.11 Å². The molecule has 0 radical (unpaired) electrons. The van der Waals surface area contributed by atoms with Gasteiger partial charge in [-0.3, -0.25) is 4.90 Å². The highest BCUT2D eigenvalue weighted by Crippen LogP contribution is 2.45. The zero-order chi connectivity index (χ0) is 19.8. The van der Waals surface area contributed by atoms with Crippen molar-refractivity contribution in [3.8, 4) is 0 Å². The molecular formula is C23H29N5O. The maximum atomic E-state index is 10.1. The first-order chi connectivity index (χ1) is 14.2. The van der Waals surface area contributed by atoms with Crippen molar-refractivity contribution in [2.45, 2.75) is 19.4 Å². The summed E-state index contributed by atoms with van der Waals surface area (Å²) in [4.78, 5) is 13.4. The van der Waals surface area contributed by atoms with Crippen LogP contribution in [0.5, 0.6) is 0 Å². The Morgan fingerprint density at radius 1 is 1.17 bits per heavy atom. The van der Waals surface area contributed by atoms with E-state index in [1.54, 1.807) is 12.5 Å². The van der Waals surface area contributed by atoms with Gasteiger partial charge in [-0.25, -0.2) is 9.97 Å². The Morgan fingerprint density at radius 2 is 2.00 bits per heavy atom. The second kappa shape index (κ2) is 7.43. The fraction of sp³-hybridized carbons (Fsp3) is 0.478. The summed E-state index contributed by atoms with van der Waals surface area (Å²) in [7, 11) is 2.13. The van der Waals surface area contributed by atoms with E-state index in [1.165, 1.54) is 16.5 Å². The maximum Gasteiger partial charge on any atom is 0.131 e. The van der Waals surface area contributed by atoms with E-state index >= 15 is 0 Å². The van der Waals surface area contributed by atoms with Crippen LogP contribution in [0.2, 0.25) is 0 Å². The molecule has 152 valence electrons. The van der Waals surface area contributed by atoms with Gasteiger partial charge in [0.15, 0.2) is 0 Å². The summed E-state index contributed by atoms with van der Waals surface area (Å²) in [6.07, 6.45) is 7.95. The van der Waals surface area contributed by atoms with Crippen molar-refractivity contribution in [1.82, 2.24) is 19.4 Å². The van der Waals surface area contributed by atoms with E-state index in [4.69, 9.17) is 0 Å². The summed E-state index contributed by atoms with van der Waals surface area (Å²) >= 11 is 0. The molecule has 1 aromatic carbocycles. The Kier molecular flexibility index (Phi) is 4.76. The second-order valence-corrected chi connectivity index (χ2v) is 8.75. The van der Waals surface area contributed by atoms with Crippen LogP contribution in [0.15, 0.2) is 49.1 Å². The highest BCUT2D eigenvalue weighted by molar-refractivity contribution is 5.83. The monoisotopic (exact) mass is 391 g/mol. The molecule has 0 saturated carbocycles. The van der Waals surface area contributed by atoms with Crippen LogP contribution in [-0.2, 0) is 13.6 Å². The third-order valence-corrected chi connectivity index (χ3v) is 7.15. The van der Waals surface area contributed by atoms with Gasteiger partial charge in [0.05, 0.1) is 0 Å². The minimum absolute atomic E-state index is 0.189. The predicted octanol–water partition coefficient (Wildman–Crippen LogP) is 2.68. The number of aliphatic hydroxyl groups excluding tert-OH is 1. The number of hydrogen-bond acceptors (Lipinski definition) is 5. The van der Waals surface area contributed by atoms with E-state index in [-0.39, 0.29) is 12.0 Å². The van der Waals surface area contributed by atoms with Crippen molar-refractivity contribution in [3.05, 3.63) is 54.6 Å². The Labute approximate surface area is 171 Å². The number of anilines is 1. The number of nitrogens with zero attached hydrogens (tertiary/aromatic N) is 5. The molecule has 6 nitrogen and oxygen atoms in total. The lowest BCUT2D eigenvalue weighted by Gasteiger charge is -2.42. The van der Waals surface area contributed by atoms with Gasteiger partial charge in [-0.15, -0.1) is 0 Å². The fourth-order valence-corrected chi connectivity index (χ4v) is 5.45. The van der Waals surface area contributed by atoms with Crippen LogP contribution in [-0.4, -0.2) is 57.3 Å². The van der Waals surface area contributed by atoms with Crippen LogP contribution < -0.4 is 4.90 Å². The number of aliphatic hydroxyl groups is 1. The summed E-state index contributed by atoms with van der Waals surface area (Å²) in [5.41, 5.74) is 2.90.